The molecule has 2 aromatic heterocycles. The molecular weight excluding hydrogens is 340 g/mol. The van der Waals surface area contributed by atoms with Crippen molar-refractivity contribution < 1.29 is 9.53 Å². The van der Waals surface area contributed by atoms with Crippen molar-refractivity contribution in [2.75, 3.05) is 39.2 Å². The summed E-state index contributed by atoms with van der Waals surface area (Å²) in [7, 11) is 5.58. The summed E-state index contributed by atoms with van der Waals surface area (Å²) in [5.74, 6) is 0.704. The predicted molar refractivity (Wildman–Crippen MR) is 97.1 cm³/mol. The van der Waals surface area contributed by atoms with Gasteiger partial charge in [-0.05, 0) is 32.3 Å². The van der Waals surface area contributed by atoms with Gasteiger partial charge in [-0.25, -0.2) is 14.6 Å². The van der Waals surface area contributed by atoms with Crippen molar-refractivity contribution in [1.29, 1.82) is 0 Å². The second-order valence-electron chi connectivity index (χ2n) is 5.77. The van der Waals surface area contributed by atoms with E-state index in [0.717, 1.165) is 22.5 Å². The lowest BCUT2D eigenvalue weighted by Crippen LogP contribution is -2.38. The smallest absolute Gasteiger partial charge is 0.250 e. The number of methoxy groups -OCH3 is 1. The lowest BCUT2D eigenvalue weighted by Gasteiger charge is -2.21. The first kappa shape index (κ1) is 17.3. The highest BCUT2D eigenvalue weighted by molar-refractivity contribution is 7.22. The molecule has 0 unspecified atom stereocenters. The van der Waals surface area contributed by atoms with E-state index >= 15 is 0 Å². The molecule has 0 atom stereocenters. The van der Waals surface area contributed by atoms with Crippen molar-refractivity contribution in [1.82, 2.24) is 24.6 Å². The first-order valence-corrected chi connectivity index (χ1v) is 8.60. The number of amides is 1. The van der Waals surface area contributed by atoms with Crippen LogP contribution >= 0.6 is 11.3 Å². The number of carbonyl (C=O) groups excluding carboxylic acids is 1. The zero-order chi connectivity index (χ0) is 17.8. The van der Waals surface area contributed by atoms with Crippen LogP contribution in [0.25, 0.3) is 10.2 Å². The second kappa shape index (κ2) is 7.58. The van der Waals surface area contributed by atoms with Crippen LogP contribution in [0.4, 0.5) is 5.13 Å². The normalized spacial score (nSPS) is 11.2. The van der Waals surface area contributed by atoms with Crippen molar-refractivity contribution in [3.63, 3.8) is 0 Å². The van der Waals surface area contributed by atoms with Gasteiger partial charge in [-0.1, -0.05) is 11.3 Å². The monoisotopic (exact) mass is 360 g/mol. The Labute approximate surface area is 149 Å². The molecule has 3 rings (SSSR count). The minimum atomic E-state index is -0.0710. The summed E-state index contributed by atoms with van der Waals surface area (Å²) in [5, 5.41) is 4.68. The zero-order valence-corrected chi connectivity index (χ0v) is 15.2. The molecule has 0 N–H and O–H groups in total. The lowest BCUT2D eigenvalue weighted by molar-refractivity contribution is -0.119. The van der Waals surface area contributed by atoms with Gasteiger partial charge in [0.05, 0.1) is 17.3 Å². The van der Waals surface area contributed by atoms with Gasteiger partial charge in [0.1, 0.15) is 24.9 Å². The van der Waals surface area contributed by atoms with E-state index in [1.807, 2.05) is 37.2 Å². The largest absolute Gasteiger partial charge is 0.497 e. The maximum atomic E-state index is 12.8. The van der Waals surface area contributed by atoms with Gasteiger partial charge < -0.3 is 9.64 Å². The van der Waals surface area contributed by atoms with Gasteiger partial charge >= 0.3 is 0 Å². The summed E-state index contributed by atoms with van der Waals surface area (Å²) in [5.41, 5.74) is 0.851. The third-order valence-corrected chi connectivity index (χ3v) is 4.69. The number of hydrogen-bond acceptors (Lipinski definition) is 7. The number of ether oxygens (including phenoxy) is 1. The highest BCUT2D eigenvalue weighted by atomic mass is 32.1. The van der Waals surface area contributed by atoms with Crippen LogP contribution in [-0.2, 0) is 11.3 Å². The van der Waals surface area contributed by atoms with Crippen LogP contribution < -0.4 is 9.64 Å². The number of anilines is 1. The molecule has 1 aromatic carbocycles. The third kappa shape index (κ3) is 4.12. The van der Waals surface area contributed by atoms with Crippen molar-refractivity contribution in [3.8, 4) is 5.75 Å². The number of aromatic nitrogens is 4. The molecule has 0 aliphatic carbocycles. The Morgan fingerprint density at radius 1 is 1.32 bits per heavy atom. The highest BCUT2D eigenvalue weighted by Gasteiger charge is 2.20. The van der Waals surface area contributed by atoms with Crippen molar-refractivity contribution >= 4 is 32.6 Å². The Bertz CT molecular complexity index is 846. The standard InChI is InChI=1S/C16H20N6O2S/c1-20(2)6-7-22(15(23)9-21-11-17-10-18-21)16-19-13-5-4-12(24-3)8-14(13)25-16/h4-5,8,10-11H,6-7,9H2,1-3H3. The number of fused-ring (bicyclic) bond motifs is 1. The summed E-state index contributed by atoms with van der Waals surface area (Å²) in [6.45, 7) is 1.42. The molecule has 0 saturated heterocycles. The molecule has 25 heavy (non-hydrogen) atoms. The minimum absolute atomic E-state index is 0.0710. The summed E-state index contributed by atoms with van der Waals surface area (Å²) in [6.07, 6.45) is 2.95. The molecule has 0 radical (unpaired) electrons. The summed E-state index contributed by atoms with van der Waals surface area (Å²) >= 11 is 1.48. The third-order valence-electron chi connectivity index (χ3n) is 3.65. The van der Waals surface area contributed by atoms with E-state index in [2.05, 4.69) is 15.1 Å². The van der Waals surface area contributed by atoms with Crippen LogP contribution in [0.2, 0.25) is 0 Å². The van der Waals surface area contributed by atoms with Crippen LogP contribution in [0.5, 0.6) is 5.75 Å². The fourth-order valence-electron chi connectivity index (χ4n) is 2.30. The van der Waals surface area contributed by atoms with Crippen molar-refractivity contribution in [2.24, 2.45) is 0 Å². The SMILES string of the molecule is COc1ccc2nc(N(CCN(C)C)C(=O)Cn3cncn3)sc2c1. The molecule has 9 heteroatoms. The second-order valence-corrected chi connectivity index (χ2v) is 6.78. The maximum Gasteiger partial charge on any atom is 0.250 e. The van der Waals surface area contributed by atoms with Gasteiger partial charge in [0, 0.05) is 13.1 Å². The van der Waals surface area contributed by atoms with Gasteiger partial charge in [0.25, 0.3) is 5.91 Å². The molecule has 0 saturated carbocycles. The van der Waals surface area contributed by atoms with E-state index in [0.29, 0.717) is 11.7 Å². The van der Waals surface area contributed by atoms with Gasteiger partial charge in [0.15, 0.2) is 5.13 Å². The predicted octanol–water partition coefficient (Wildman–Crippen LogP) is 1.49. The van der Waals surface area contributed by atoms with Gasteiger partial charge in [-0.3, -0.25) is 9.69 Å². The molecular formula is C16H20N6O2S. The molecule has 1 amide bonds. The number of rotatable bonds is 7. The van der Waals surface area contributed by atoms with Crippen LogP contribution in [-0.4, -0.2) is 64.9 Å². The van der Waals surface area contributed by atoms with E-state index in [4.69, 9.17) is 4.74 Å². The Balaban J connectivity index is 1.88. The first-order chi connectivity index (χ1) is 12.1. The molecule has 0 aliphatic heterocycles. The van der Waals surface area contributed by atoms with E-state index in [1.54, 1.807) is 12.0 Å². The molecule has 2 heterocycles. The number of likely N-dealkylation sites (N-methyl/N-ethyl adjacent to an activating group) is 1. The van der Waals surface area contributed by atoms with E-state index in [1.165, 1.54) is 28.7 Å². The summed E-state index contributed by atoms with van der Waals surface area (Å²) in [4.78, 5) is 25.0. The molecule has 0 fully saturated rings. The Kier molecular flexibility index (Phi) is 5.25. The average Bonchev–Trinajstić information content (AvgIpc) is 3.23. The number of thiazole rings is 1. The maximum absolute atomic E-state index is 12.8. The van der Waals surface area contributed by atoms with Crippen LogP contribution in [0.15, 0.2) is 30.9 Å². The highest BCUT2D eigenvalue weighted by Crippen LogP contribution is 2.31. The van der Waals surface area contributed by atoms with Gasteiger partial charge in [0.2, 0.25) is 0 Å². The quantitative estimate of drug-likeness (QED) is 0.635. The number of hydrogen-bond donors (Lipinski definition) is 0. The van der Waals surface area contributed by atoms with Crippen LogP contribution in [0.3, 0.4) is 0 Å². The summed E-state index contributed by atoms with van der Waals surface area (Å²) in [6, 6.07) is 5.70. The molecule has 0 aliphatic rings. The van der Waals surface area contributed by atoms with Crippen LogP contribution in [0.1, 0.15) is 0 Å². The van der Waals surface area contributed by atoms with Gasteiger partial charge in [-0.15, -0.1) is 0 Å². The minimum Gasteiger partial charge on any atom is -0.497 e. The Hall–Kier alpha value is -2.52. The number of carbonyl (C=O) groups is 1. The lowest BCUT2D eigenvalue weighted by atomic mass is 10.3. The topological polar surface area (TPSA) is 76.4 Å². The Morgan fingerprint density at radius 2 is 2.16 bits per heavy atom. The fraction of sp³-hybridized carbons (Fsp3) is 0.375. The van der Waals surface area contributed by atoms with E-state index in [-0.39, 0.29) is 12.5 Å². The van der Waals surface area contributed by atoms with Gasteiger partial charge in [-0.2, -0.15) is 5.10 Å². The van der Waals surface area contributed by atoms with Crippen molar-refractivity contribution in [2.45, 2.75) is 6.54 Å². The van der Waals surface area contributed by atoms with Crippen molar-refractivity contribution in [3.05, 3.63) is 30.9 Å². The van der Waals surface area contributed by atoms with E-state index < -0.39 is 0 Å². The number of nitrogens with zero attached hydrogens (tertiary/aromatic N) is 6. The van der Waals surface area contributed by atoms with E-state index in [9.17, 15) is 4.79 Å². The summed E-state index contributed by atoms with van der Waals surface area (Å²) < 4.78 is 7.76. The molecule has 0 spiro atoms. The molecule has 8 nitrogen and oxygen atoms in total. The number of benzene rings is 1. The molecule has 0 bridgehead atoms. The molecule has 132 valence electrons. The molecule has 3 aromatic rings. The van der Waals surface area contributed by atoms with Crippen LogP contribution in [0, 0.1) is 0 Å². The zero-order valence-electron chi connectivity index (χ0n) is 14.4. The fourth-order valence-corrected chi connectivity index (χ4v) is 3.34. The first-order valence-electron chi connectivity index (χ1n) is 7.79. The average molecular weight is 360 g/mol. The Morgan fingerprint density at radius 3 is 2.84 bits per heavy atom.